The normalized spacial score (nSPS) is 16.7. The highest BCUT2D eigenvalue weighted by Crippen LogP contribution is 2.39. The van der Waals surface area contributed by atoms with Gasteiger partial charge in [-0.3, -0.25) is 14.7 Å². The molecule has 0 aliphatic carbocycles. The third-order valence-electron chi connectivity index (χ3n) is 5.74. The van der Waals surface area contributed by atoms with Crippen molar-refractivity contribution < 1.29 is 5.11 Å². The molecule has 8 heteroatoms. The molecule has 1 aliphatic heterocycles. The second-order valence-corrected chi connectivity index (χ2v) is 7.94. The van der Waals surface area contributed by atoms with E-state index in [2.05, 4.69) is 9.97 Å². The van der Waals surface area contributed by atoms with Crippen molar-refractivity contribution in [2.24, 2.45) is 0 Å². The SMILES string of the molecule is CN1CCc2c([nH]c3ccccc23)[C@@H]1c1c(O)n(-c2cccc(Cl)c2)c(=O)[nH]c1=O. The molecular weight excluding hydrogens is 404 g/mol. The third kappa shape index (κ3) is 2.78. The number of rotatable bonds is 2. The smallest absolute Gasteiger partial charge is 0.335 e. The quantitative estimate of drug-likeness (QED) is 0.463. The number of para-hydroxylation sites is 1. The number of H-pyrrole nitrogens is 2. The van der Waals surface area contributed by atoms with E-state index in [0.717, 1.165) is 33.1 Å². The molecular formula is C22H19ClN4O3. The minimum Gasteiger partial charge on any atom is -0.494 e. The van der Waals surface area contributed by atoms with Crippen LogP contribution in [-0.4, -0.2) is 38.1 Å². The maximum absolute atomic E-state index is 12.9. The number of fused-ring (bicyclic) bond motifs is 3. The first-order chi connectivity index (χ1) is 14.5. The van der Waals surface area contributed by atoms with Crippen molar-refractivity contribution in [1.29, 1.82) is 0 Å². The second-order valence-electron chi connectivity index (χ2n) is 7.51. The molecule has 1 aliphatic rings. The van der Waals surface area contributed by atoms with E-state index in [4.69, 9.17) is 11.6 Å². The van der Waals surface area contributed by atoms with E-state index < -0.39 is 23.2 Å². The van der Waals surface area contributed by atoms with Crippen molar-refractivity contribution in [1.82, 2.24) is 19.4 Å². The van der Waals surface area contributed by atoms with Crippen LogP contribution in [0.3, 0.4) is 0 Å². The lowest BCUT2D eigenvalue weighted by Crippen LogP contribution is -2.39. The van der Waals surface area contributed by atoms with Crippen LogP contribution in [0, 0.1) is 0 Å². The van der Waals surface area contributed by atoms with Crippen LogP contribution in [0.1, 0.15) is 22.9 Å². The Hall–Kier alpha value is -3.29. The van der Waals surface area contributed by atoms with Crippen LogP contribution in [0.25, 0.3) is 16.6 Å². The third-order valence-corrected chi connectivity index (χ3v) is 5.97. The Morgan fingerprint density at radius 1 is 1.10 bits per heavy atom. The lowest BCUT2D eigenvalue weighted by atomic mass is 9.94. The fourth-order valence-corrected chi connectivity index (χ4v) is 4.55. The molecule has 5 rings (SSSR count). The number of aromatic nitrogens is 3. The molecule has 30 heavy (non-hydrogen) atoms. The standard InChI is InChI=1S/C22H19ClN4O3/c1-26-10-9-15-14-7-2-3-8-16(14)24-18(15)19(26)17-20(28)25-22(30)27(21(17)29)13-6-4-5-12(23)11-13/h2-8,11,19,24,29H,9-10H2,1H3,(H,25,28,30)/t19-/m0/s1. The lowest BCUT2D eigenvalue weighted by molar-refractivity contribution is 0.252. The predicted octanol–water partition coefficient (Wildman–Crippen LogP) is 2.94. The van der Waals surface area contributed by atoms with Gasteiger partial charge in [-0.2, -0.15) is 0 Å². The van der Waals surface area contributed by atoms with E-state index in [1.54, 1.807) is 24.3 Å². The summed E-state index contributed by atoms with van der Waals surface area (Å²) in [5.74, 6) is -0.394. The zero-order chi connectivity index (χ0) is 21.0. The summed E-state index contributed by atoms with van der Waals surface area (Å²) >= 11 is 6.07. The number of nitrogens with zero attached hydrogens (tertiary/aromatic N) is 2. The molecule has 0 spiro atoms. The van der Waals surface area contributed by atoms with Crippen molar-refractivity contribution in [2.75, 3.05) is 13.6 Å². The molecule has 2 aromatic carbocycles. The number of aromatic hydroxyl groups is 1. The van der Waals surface area contributed by atoms with Crippen molar-refractivity contribution in [3.05, 3.63) is 91.2 Å². The summed E-state index contributed by atoms with van der Waals surface area (Å²) in [6.45, 7) is 0.703. The van der Waals surface area contributed by atoms with E-state index in [1.165, 1.54) is 0 Å². The van der Waals surface area contributed by atoms with Crippen molar-refractivity contribution in [3.8, 4) is 11.6 Å². The van der Waals surface area contributed by atoms with Gasteiger partial charge >= 0.3 is 5.69 Å². The van der Waals surface area contributed by atoms with Crippen LogP contribution >= 0.6 is 11.6 Å². The van der Waals surface area contributed by atoms with Crippen LogP contribution in [0.5, 0.6) is 5.88 Å². The molecule has 7 nitrogen and oxygen atoms in total. The minimum absolute atomic E-state index is 0.115. The topological polar surface area (TPSA) is 94.1 Å². The molecule has 0 radical (unpaired) electrons. The maximum Gasteiger partial charge on any atom is 0.335 e. The largest absolute Gasteiger partial charge is 0.494 e. The van der Waals surface area contributed by atoms with Gasteiger partial charge in [0, 0.05) is 28.2 Å². The lowest BCUT2D eigenvalue weighted by Gasteiger charge is -2.33. The fraction of sp³-hybridized carbons (Fsp3) is 0.182. The van der Waals surface area contributed by atoms with Crippen LogP contribution in [0.15, 0.2) is 58.1 Å². The van der Waals surface area contributed by atoms with E-state index in [9.17, 15) is 14.7 Å². The predicted molar refractivity (Wildman–Crippen MR) is 116 cm³/mol. The van der Waals surface area contributed by atoms with Crippen molar-refractivity contribution in [2.45, 2.75) is 12.5 Å². The number of likely N-dealkylation sites (N-methyl/N-ethyl adjacent to an activating group) is 1. The summed E-state index contributed by atoms with van der Waals surface area (Å²) in [6, 6.07) is 14.0. The number of nitrogens with one attached hydrogen (secondary N) is 2. The van der Waals surface area contributed by atoms with Gasteiger partial charge < -0.3 is 10.1 Å². The van der Waals surface area contributed by atoms with Gasteiger partial charge in [0.25, 0.3) is 5.56 Å². The molecule has 152 valence electrons. The first kappa shape index (κ1) is 18.7. The van der Waals surface area contributed by atoms with Gasteiger partial charge in [-0.15, -0.1) is 0 Å². The van der Waals surface area contributed by atoms with Crippen LogP contribution in [0.4, 0.5) is 0 Å². The number of aromatic amines is 2. The Morgan fingerprint density at radius 2 is 1.90 bits per heavy atom. The molecule has 0 bridgehead atoms. The molecule has 0 amide bonds. The van der Waals surface area contributed by atoms with Gasteiger partial charge in [-0.05, 0) is 43.3 Å². The van der Waals surface area contributed by atoms with Crippen molar-refractivity contribution >= 4 is 22.5 Å². The Bertz CT molecular complexity index is 1400. The summed E-state index contributed by atoms with van der Waals surface area (Å²) < 4.78 is 1.08. The van der Waals surface area contributed by atoms with E-state index in [-0.39, 0.29) is 5.56 Å². The Morgan fingerprint density at radius 3 is 2.70 bits per heavy atom. The first-order valence-electron chi connectivity index (χ1n) is 9.59. The molecule has 4 aromatic rings. The molecule has 0 saturated carbocycles. The second kappa shape index (κ2) is 6.90. The van der Waals surface area contributed by atoms with Crippen molar-refractivity contribution in [3.63, 3.8) is 0 Å². The van der Waals surface area contributed by atoms with Gasteiger partial charge in [0.1, 0.15) is 5.56 Å². The highest BCUT2D eigenvalue weighted by molar-refractivity contribution is 6.30. The Kier molecular flexibility index (Phi) is 4.30. The zero-order valence-corrected chi connectivity index (χ0v) is 16.9. The summed E-state index contributed by atoms with van der Waals surface area (Å²) in [4.78, 5) is 33.2. The molecule has 2 aromatic heterocycles. The van der Waals surface area contributed by atoms with E-state index >= 15 is 0 Å². The molecule has 0 unspecified atom stereocenters. The summed E-state index contributed by atoms with van der Waals surface area (Å²) in [5, 5.41) is 12.6. The molecule has 0 saturated heterocycles. The number of benzene rings is 2. The van der Waals surface area contributed by atoms with Crippen LogP contribution < -0.4 is 11.2 Å². The summed E-state index contributed by atoms with van der Waals surface area (Å²) in [5.41, 5.74) is 2.09. The van der Waals surface area contributed by atoms with Gasteiger partial charge in [-0.1, -0.05) is 35.9 Å². The van der Waals surface area contributed by atoms with Gasteiger partial charge in [0.05, 0.1) is 11.7 Å². The number of halogens is 1. The monoisotopic (exact) mass is 422 g/mol. The average Bonchev–Trinajstić information content (AvgIpc) is 3.08. The van der Waals surface area contributed by atoms with Gasteiger partial charge in [0.2, 0.25) is 5.88 Å². The van der Waals surface area contributed by atoms with E-state index in [1.807, 2.05) is 36.2 Å². The summed E-state index contributed by atoms with van der Waals surface area (Å²) in [6.07, 6.45) is 0.818. The number of hydrogen-bond acceptors (Lipinski definition) is 4. The van der Waals surface area contributed by atoms with Gasteiger partial charge in [-0.25, -0.2) is 9.36 Å². The summed E-state index contributed by atoms with van der Waals surface area (Å²) in [7, 11) is 1.90. The van der Waals surface area contributed by atoms with Crippen LogP contribution in [-0.2, 0) is 6.42 Å². The highest BCUT2D eigenvalue weighted by atomic mass is 35.5. The Labute approximate surface area is 176 Å². The van der Waals surface area contributed by atoms with Gasteiger partial charge in [0.15, 0.2) is 0 Å². The van der Waals surface area contributed by atoms with Crippen LogP contribution in [0.2, 0.25) is 5.02 Å². The highest BCUT2D eigenvalue weighted by Gasteiger charge is 2.34. The minimum atomic E-state index is -0.723. The molecule has 1 atom stereocenters. The molecule has 0 fully saturated rings. The molecule has 3 heterocycles. The average molecular weight is 423 g/mol. The molecule has 3 N–H and O–H groups in total. The Balaban J connectivity index is 1.78. The fourth-order valence-electron chi connectivity index (χ4n) is 4.37. The number of hydrogen-bond donors (Lipinski definition) is 3. The van der Waals surface area contributed by atoms with E-state index in [0.29, 0.717) is 17.3 Å². The zero-order valence-electron chi connectivity index (χ0n) is 16.1. The maximum atomic E-state index is 12.9. The first-order valence-corrected chi connectivity index (χ1v) is 9.97.